The summed E-state index contributed by atoms with van der Waals surface area (Å²) in [6, 6.07) is 18.8. The molecule has 3 aromatic rings. The molecule has 0 amide bonds. The van der Waals surface area contributed by atoms with Gasteiger partial charge in [-0.05, 0) is 60.2 Å². The minimum atomic E-state index is -0.218. The van der Waals surface area contributed by atoms with Crippen LogP contribution in [0, 0.1) is 0 Å². The first-order valence-corrected chi connectivity index (χ1v) is 10.6. The zero-order chi connectivity index (χ0) is 20.7. The SMILES string of the molecule is Oc1ccc(Br)cc1C1C=C(c2ccc3c(c2)OCO3)NC(c2ccc(Cl)cc2)N1. The van der Waals surface area contributed by atoms with Crippen molar-refractivity contribution in [2.75, 3.05) is 6.79 Å². The van der Waals surface area contributed by atoms with Crippen molar-refractivity contribution in [2.45, 2.75) is 12.2 Å². The number of rotatable bonds is 3. The lowest BCUT2D eigenvalue weighted by Gasteiger charge is -2.33. The molecule has 0 spiro atoms. The van der Waals surface area contributed by atoms with Crippen LogP contribution in [0.3, 0.4) is 0 Å². The van der Waals surface area contributed by atoms with E-state index in [1.54, 1.807) is 6.07 Å². The number of halogens is 2. The van der Waals surface area contributed by atoms with Crippen LogP contribution >= 0.6 is 27.5 Å². The Labute approximate surface area is 187 Å². The smallest absolute Gasteiger partial charge is 0.231 e. The summed E-state index contributed by atoms with van der Waals surface area (Å²) in [5.41, 5.74) is 3.71. The maximum Gasteiger partial charge on any atom is 0.231 e. The van der Waals surface area contributed by atoms with Gasteiger partial charge >= 0.3 is 0 Å². The summed E-state index contributed by atoms with van der Waals surface area (Å²) >= 11 is 9.58. The Kier molecular flexibility index (Phi) is 5.06. The quantitative estimate of drug-likeness (QED) is 0.457. The second-order valence-corrected chi connectivity index (χ2v) is 8.48. The molecular weight excluding hydrogens is 468 g/mol. The molecule has 2 heterocycles. The van der Waals surface area contributed by atoms with Crippen molar-refractivity contribution in [3.05, 3.63) is 92.9 Å². The van der Waals surface area contributed by atoms with Crippen LogP contribution in [0.15, 0.2) is 71.2 Å². The Morgan fingerprint density at radius 1 is 0.967 bits per heavy atom. The molecule has 2 aliphatic rings. The van der Waals surface area contributed by atoms with Gasteiger partial charge in [-0.3, -0.25) is 5.32 Å². The monoisotopic (exact) mass is 484 g/mol. The Bertz CT molecular complexity index is 1130. The van der Waals surface area contributed by atoms with Crippen molar-refractivity contribution in [2.24, 2.45) is 0 Å². The summed E-state index contributed by atoms with van der Waals surface area (Å²) in [6.07, 6.45) is 1.88. The van der Waals surface area contributed by atoms with Crippen molar-refractivity contribution in [1.29, 1.82) is 0 Å². The van der Waals surface area contributed by atoms with Gasteiger partial charge in [-0.2, -0.15) is 0 Å². The third-order valence-electron chi connectivity index (χ3n) is 5.19. The van der Waals surface area contributed by atoms with Gasteiger partial charge in [0.25, 0.3) is 0 Å². The third kappa shape index (κ3) is 3.74. The standard InChI is InChI=1S/C23H18BrClN2O3/c24-15-4-7-20(28)17(10-15)19-11-18(14-3-8-21-22(9-14)30-12-29-21)26-23(27-19)13-1-5-16(25)6-2-13/h1-11,19,23,26-28H,12H2. The minimum absolute atomic E-state index is 0.184. The van der Waals surface area contributed by atoms with E-state index in [2.05, 4.69) is 32.6 Å². The lowest BCUT2D eigenvalue weighted by atomic mass is 9.97. The van der Waals surface area contributed by atoms with E-state index in [4.69, 9.17) is 21.1 Å². The van der Waals surface area contributed by atoms with Crippen LogP contribution in [0.4, 0.5) is 0 Å². The zero-order valence-electron chi connectivity index (χ0n) is 15.7. The zero-order valence-corrected chi connectivity index (χ0v) is 18.1. The number of hydrogen-bond acceptors (Lipinski definition) is 5. The van der Waals surface area contributed by atoms with Gasteiger partial charge in [-0.15, -0.1) is 0 Å². The highest BCUT2D eigenvalue weighted by molar-refractivity contribution is 9.10. The highest BCUT2D eigenvalue weighted by atomic mass is 79.9. The molecule has 5 rings (SSSR count). The van der Waals surface area contributed by atoms with Gasteiger partial charge in [-0.25, -0.2) is 0 Å². The summed E-state index contributed by atoms with van der Waals surface area (Å²) in [6.45, 7) is 0.231. The van der Waals surface area contributed by atoms with E-state index < -0.39 is 0 Å². The molecule has 2 unspecified atom stereocenters. The van der Waals surface area contributed by atoms with Crippen LogP contribution in [-0.2, 0) is 0 Å². The second kappa shape index (κ2) is 7.87. The lowest BCUT2D eigenvalue weighted by Crippen LogP contribution is -2.39. The van der Waals surface area contributed by atoms with Crippen LogP contribution in [-0.4, -0.2) is 11.9 Å². The molecule has 0 aliphatic carbocycles. The Morgan fingerprint density at radius 2 is 1.77 bits per heavy atom. The number of benzene rings is 3. The average molecular weight is 486 g/mol. The Hall–Kier alpha value is -2.67. The molecule has 0 fully saturated rings. The molecule has 2 atom stereocenters. The van der Waals surface area contributed by atoms with Gasteiger partial charge in [0.1, 0.15) is 11.9 Å². The van der Waals surface area contributed by atoms with Crippen molar-refractivity contribution in [1.82, 2.24) is 10.6 Å². The fourth-order valence-corrected chi connectivity index (χ4v) is 4.18. The molecule has 5 nitrogen and oxygen atoms in total. The number of hydrogen-bond donors (Lipinski definition) is 3. The number of aromatic hydroxyl groups is 1. The van der Waals surface area contributed by atoms with Crippen LogP contribution in [0.5, 0.6) is 17.2 Å². The molecule has 3 N–H and O–H groups in total. The lowest BCUT2D eigenvalue weighted by molar-refractivity contribution is 0.174. The highest BCUT2D eigenvalue weighted by Crippen LogP contribution is 2.38. The largest absolute Gasteiger partial charge is 0.508 e. The van der Waals surface area contributed by atoms with Gasteiger partial charge in [0.05, 0.1) is 6.04 Å². The molecule has 2 aliphatic heterocycles. The van der Waals surface area contributed by atoms with Gasteiger partial charge in [-0.1, -0.05) is 39.7 Å². The summed E-state index contributed by atoms with van der Waals surface area (Å²) in [7, 11) is 0. The summed E-state index contributed by atoms with van der Waals surface area (Å²) in [5, 5.41) is 18.3. The van der Waals surface area contributed by atoms with Crippen LogP contribution in [0.25, 0.3) is 5.70 Å². The van der Waals surface area contributed by atoms with Gasteiger partial charge < -0.3 is 19.9 Å². The molecule has 152 valence electrons. The molecule has 3 aromatic carbocycles. The number of phenols is 1. The van der Waals surface area contributed by atoms with E-state index in [9.17, 15) is 5.11 Å². The summed E-state index contributed by atoms with van der Waals surface area (Å²) in [5.74, 6) is 1.69. The predicted molar refractivity (Wildman–Crippen MR) is 120 cm³/mol. The third-order valence-corrected chi connectivity index (χ3v) is 5.94. The molecular formula is C23H18BrClN2O3. The number of phenolic OH excluding ortho intramolecular Hbond substituents is 1. The van der Waals surface area contributed by atoms with E-state index >= 15 is 0 Å². The first-order valence-electron chi connectivity index (χ1n) is 9.45. The van der Waals surface area contributed by atoms with Crippen LogP contribution in [0.2, 0.25) is 5.02 Å². The summed E-state index contributed by atoms with van der Waals surface area (Å²) in [4.78, 5) is 0. The van der Waals surface area contributed by atoms with Crippen molar-refractivity contribution < 1.29 is 14.6 Å². The first kappa shape index (κ1) is 19.3. The van der Waals surface area contributed by atoms with Crippen molar-refractivity contribution in [3.63, 3.8) is 0 Å². The normalized spacial score (nSPS) is 19.9. The van der Waals surface area contributed by atoms with Crippen molar-refractivity contribution >= 4 is 33.2 Å². The maximum atomic E-state index is 10.5. The molecule has 0 saturated heterocycles. The van der Waals surface area contributed by atoms with E-state index in [1.165, 1.54) is 0 Å². The average Bonchev–Trinajstić information content (AvgIpc) is 3.23. The van der Waals surface area contributed by atoms with Gasteiger partial charge in [0.2, 0.25) is 6.79 Å². The van der Waals surface area contributed by atoms with E-state index in [1.807, 2.05) is 54.6 Å². The Morgan fingerprint density at radius 3 is 2.60 bits per heavy atom. The number of nitrogens with one attached hydrogen (secondary N) is 2. The molecule has 30 heavy (non-hydrogen) atoms. The van der Waals surface area contributed by atoms with Gasteiger partial charge in [0.15, 0.2) is 11.5 Å². The van der Waals surface area contributed by atoms with E-state index in [-0.39, 0.29) is 24.8 Å². The fraction of sp³-hybridized carbons (Fsp3) is 0.130. The molecule has 0 bridgehead atoms. The Balaban J connectivity index is 1.57. The second-order valence-electron chi connectivity index (χ2n) is 7.12. The first-order chi connectivity index (χ1) is 14.6. The van der Waals surface area contributed by atoms with Crippen LogP contribution in [0.1, 0.15) is 28.9 Å². The molecule has 0 saturated carbocycles. The van der Waals surface area contributed by atoms with Crippen LogP contribution < -0.4 is 20.1 Å². The molecule has 0 aromatic heterocycles. The predicted octanol–water partition coefficient (Wildman–Crippen LogP) is 5.51. The fourth-order valence-electron chi connectivity index (χ4n) is 3.67. The highest BCUT2D eigenvalue weighted by Gasteiger charge is 2.26. The summed E-state index contributed by atoms with van der Waals surface area (Å²) < 4.78 is 11.9. The van der Waals surface area contributed by atoms with E-state index in [0.717, 1.165) is 38.4 Å². The topological polar surface area (TPSA) is 62.8 Å². The maximum absolute atomic E-state index is 10.5. The molecule has 7 heteroatoms. The van der Waals surface area contributed by atoms with Crippen molar-refractivity contribution in [3.8, 4) is 17.2 Å². The van der Waals surface area contributed by atoms with Gasteiger partial charge in [0, 0.05) is 26.3 Å². The molecule has 0 radical (unpaired) electrons. The number of fused-ring (bicyclic) bond motifs is 1. The van der Waals surface area contributed by atoms with E-state index in [0.29, 0.717) is 5.02 Å². The minimum Gasteiger partial charge on any atom is -0.508 e. The number of ether oxygens (including phenoxy) is 2.